The lowest BCUT2D eigenvalue weighted by Gasteiger charge is -2.45. The Kier molecular flexibility index (Phi) is 12.2. The van der Waals surface area contributed by atoms with Crippen molar-refractivity contribution in [1.82, 2.24) is 10.2 Å². The lowest BCUT2D eigenvalue weighted by Crippen LogP contribution is -2.45. The van der Waals surface area contributed by atoms with E-state index in [1.54, 1.807) is 6.08 Å². The number of hydrogen-bond donors (Lipinski definition) is 1. The van der Waals surface area contributed by atoms with Gasteiger partial charge in [-0.3, -0.25) is 4.79 Å². The summed E-state index contributed by atoms with van der Waals surface area (Å²) in [6.45, 7) is 12.7. The molecular formula is C31H39N3O4. The number of para-hydroxylation sites is 1. The third kappa shape index (κ3) is 9.48. The maximum absolute atomic E-state index is 12.2. The summed E-state index contributed by atoms with van der Waals surface area (Å²) in [6, 6.07) is 17.8. The number of aliphatic imine (C=N–C) groups is 1. The fourth-order valence-electron chi connectivity index (χ4n) is 3.57. The Labute approximate surface area is 226 Å². The molecule has 0 bridgehead atoms. The second kappa shape index (κ2) is 15.3. The third-order valence-corrected chi connectivity index (χ3v) is 5.48. The molecular weight excluding hydrogens is 478 g/mol. The molecule has 1 saturated heterocycles. The van der Waals surface area contributed by atoms with Crippen LogP contribution in [-0.4, -0.2) is 49.0 Å². The van der Waals surface area contributed by atoms with Crippen molar-refractivity contribution < 1.29 is 19.1 Å². The van der Waals surface area contributed by atoms with E-state index in [9.17, 15) is 9.59 Å². The number of carbonyl (C=O) groups excluding carboxylic acids is 2. The first-order chi connectivity index (χ1) is 18.2. The highest BCUT2D eigenvalue weighted by atomic mass is 16.5. The van der Waals surface area contributed by atoms with Gasteiger partial charge in [0.2, 0.25) is 0 Å². The minimum atomic E-state index is -0.318. The smallest absolute Gasteiger partial charge is 0.338 e. The standard InChI is InChI=1S/C26H29N3O2.C5H10O2/c1-4-6-12-23(5-2)29-24(19-25(29)28-22-10-8-7-9-11-22)20-13-15-21(16-14-20)26(30)31-18-17-27-3;1-5(2,3)7-4-6/h4-16,24,27H,1,17-19H2,2-3H3;4H,1-3H3/b12-6-,23-5+,28-25?;. The van der Waals surface area contributed by atoms with Crippen LogP contribution < -0.4 is 5.32 Å². The number of allylic oxidation sites excluding steroid dienone is 4. The van der Waals surface area contributed by atoms with E-state index in [0.717, 1.165) is 29.2 Å². The van der Waals surface area contributed by atoms with E-state index in [-0.39, 0.29) is 17.6 Å². The predicted molar refractivity (Wildman–Crippen MR) is 153 cm³/mol. The summed E-state index contributed by atoms with van der Waals surface area (Å²) < 4.78 is 9.80. The van der Waals surface area contributed by atoms with E-state index in [2.05, 4.69) is 27.6 Å². The molecule has 0 aliphatic carbocycles. The van der Waals surface area contributed by atoms with Gasteiger partial charge >= 0.3 is 5.97 Å². The fourth-order valence-corrected chi connectivity index (χ4v) is 3.57. The molecule has 7 heteroatoms. The molecule has 0 spiro atoms. The molecule has 3 rings (SSSR count). The van der Waals surface area contributed by atoms with Crippen molar-refractivity contribution in [2.24, 2.45) is 4.99 Å². The highest BCUT2D eigenvalue weighted by Crippen LogP contribution is 2.40. The van der Waals surface area contributed by atoms with Gasteiger partial charge in [0.25, 0.3) is 6.47 Å². The second-order valence-electron chi connectivity index (χ2n) is 9.45. The maximum Gasteiger partial charge on any atom is 0.338 e. The minimum absolute atomic E-state index is 0.150. The van der Waals surface area contributed by atoms with Gasteiger partial charge in [-0.2, -0.15) is 0 Å². The largest absolute Gasteiger partial charge is 0.462 e. The SMILES string of the molecule is C=C/C=C\C(=C/C)N1C(=Nc2ccccc2)CC1c1ccc(C(=O)OCCNC)cc1.CC(C)(C)OC=O. The molecule has 1 fully saturated rings. The number of carbonyl (C=O) groups is 2. The van der Waals surface area contributed by atoms with Crippen LogP contribution in [0.2, 0.25) is 0 Å². The van der Waals surface area contributed by atoms with Crippen molar-refractivity contribution in [2.45, 2.75) is 45.8 Å². The van der Waals surface area contributed by atoms with Gasteiger partial charge < -0.3 is 19.7 Å². The topological polar surface area (TPSA) is 80.2 Å². The van der Waals surface area contributed by atoms with E-state index in [1.165, 1.54) is 0 Å². The van der Waals surface area contributed by atoms with E-state index in [4.69, 9.17) is 9.73 Å². The zero-order chi connectivity index (χ0) is 28.0. The Morgan fingerprint density at radius 2 is 1.84 bits per heavy atom. The Morgan fingerprint density at radius 3 is 2.37 bits per heavy atom. The van der Waals surface area contributed by atoms with Crippen LogP contribution in [0.3, 0.4) is 0 Å². The zero-order valence-electron chi connectivity index (χ0n) is 23.0. The van der Waals surface area contributed by atoms with E-state index in [0.29, 0.717) is 25.2 Å². The normalized spacial score (nSPS) is 16.3. The van der Waals surface area contributed by atoms with Gasteiger partial charge in [0.15, 0.2) is 0 Å². The molecule has 1 unspecified atom stereocenters. The Balaban J connectivity index is 0.000000638. The maximum atomic E-state index is 12.2. The summed E-state index contributed by atoms with van der Waals surface area (Å²) in [5.74, 6) is 0.704. The van der Waals surface area contributed by atoms with Crippen LogP contribution in [0, 0.1) is 0 Å². The van der Waals surface area contributed by atoms with Crippen LogP contribution in [0.1, 0.15) is 56.1 Å². The molecule has 1 aliphatic rings. The van der Waals surface area contributed by atoms with Crippen LogP contribution in [0.25, 0.3) is 0 Å². The van der Waals surface area contributed by atoms with Crippen molar-refractivity contribution in [1.29, 1.82) is 0 Å². The summed E-state index contributed by atoms with van der Waals surface area (Å²) in [5.41, 5.74) is 3.36. The van der Waals surface area contributed by atoms with Crippen LogP contribution in [0.4, 0.5) is 5.69 Å². The van der Waals surface area contributed by atoms with Crippen molar-refractivity contribution in [2.75, 3.05) is 20.2 Å². The molecule has 0 saturated carbocycles. The average Bonchev–Trinajstić information content (AvgIpc) is 2.89. The molecule has 1 aliphatic heterocycles. The lowest BCUT2D eigenvalue weighted by molar-refractivity contribution is -0.138. The van der Waals surface area contributed by atoms with Gasteiger partial charge in [-0.25, -0.2) is 9.79 Å². The number of amidine groups is 1. The van der Waals surface area contributed by atoms with Crippen molar-refractivity contribution in [3.8, 4) is 0 Å². The van der Waals surface area contributed by atoms with Gasteiger partial charge in [0.1, 0.15) is 18.0 Å². The van der Waals surface area contributed by atoms with Crippen molar-refractivity contribution >= 4 is 24.0 Å². The first-order valence-electron chi connectivity index (χ1n) is 12.6. The average molecular weight is 518 g/mol. The van der Waals surface area contributed by atoms with Crippen molar-refractivity contribution in [3.63, 3.8) is 0 Å². The molecule has 2 aromatic rings. The number of likely N-dealkylation sites (N-methyl/N-ethyl adjacent to an activating group) is 1. The molecule has 1 N–H and O–H groups in total. The number of rotatable bonds is 10. The first kappa shape index (κ1) is 30.3. The monoisotopic (exact) mass is 517 g/mol. The number of hydrogen-bond acceptors (Lipinski definition) is 6. The molecule has 38 heavy (non-hydrogen) atoms. The van der Waals surface area contributed by atoms with Gasteiger partial charge in [0, 0.05) is 18.7 Å². The number of ether oxygens (including phenoxy) is 2. The zero-order valence-corrected chi connectivity index (χ0v) is 23.0. The molecule has 7 nitrogen and oxygen atoms in total. The Hall–Kier alpha value is -3.97. The fraction of sp³-hybridized carbons (Fsp3) is 0.323. The molecule has 202 valence electrons. The molecule has 0 amide bonds. The van der Waals surface area contributed by atoms with E-state index in [1.807, 2.05) is 101 Å². The van der Waals surface area contributed by atoms with Crippen molar-refractivity contribution in [3.05, 3.63) is 102 Å². The summed E-state index contributed by atoms with van der Waals surface area (Å²) in [6.07, 6.45) is 8.61. The Morgan fingerprint density at radius 1 is 1.16 bits per heavy atom. The lowest BCUT2D eigenvalue weighted by atomic mass is 9.91. The Bertz CT molecular complexity index is 1130. The van der Waals surface area contributed by atoms with Crippen LogP contribution in [0.15, 0.2) is 96.2 Å². The molecule has 2 aromatic carbocycles. The minimum Gasteiger partial charge on any atom is -0.462 e. The van der Waals surface area contributed by atoms with Gasteiger partial charge in [-0.1, -0.05) is 55.1 Å². The summed E-state index contributed by atoms with van der Waals surface area (Å²) >= 11 is 0. The van der Waals surface area contributed by atoms with E-state index >= 15 is 0 Å². The highest BCUT2D eigenvalue weighted by molar-refractivity contribution is 5.93. The quantitative estimate of drug-likeness (QED) is 0.176. The number of nitrogens with one attached hydrogen (secondary N) is 1. The highest BCUT2D eigenvalue weighted by Gasteiger charge is 2.36. The van der Waals surface area contributed by atoms with Crippen LogP contribution >= 0.6 is 0 Å². The van der Waals surface area contributed by atoms with Gasteiger partial charge in [0.05, 0.1) is 17.3 Å². The van der Waals surface area contributed by atoms with Crippen LogP contribution in [-0.2, 0) is 14.3 Å². The third-order valence-electron chi connectivity index (χ3n) is 5.48. The van der Waals surface area contributed by atoms with E-state index < -0.39 is 0 Å². The number of esters is 1. The molecule has 0 aromatic heterocycles. The molecule has 0 radical (unpaired) electrons. The van der Waals surface area contributed by atoms with Gasteiger partial charge in [-0.15, -0.1) is 0 Å². The second-order valence-corrected chi connectivity index (χ2v) is 9.45. The number of benzene rings is 2. The first-order valence-corrected chi connectivity index (χ1v) is 12.6. The predicted octanol–water partition coefficient (Wildman–Crippen LogP) is 6.14. The summed E-state index contributed by atoms with van der Waals surface area (Å²) in [4.78, 5) is 28.8. The summed E-state index contributed by atoms with van der Waals surface area (Å²) in [7, 11) is 1.83. The van der Waals surface area contributed by atoms with Gasteiger partial charge in [-0.05, 0) is 70.6 Å². The number of likely N-dealkylation sites (tertiary alicyclic amines) is 1. The molecule has 1 atom stereocenters. The van der Waals surface area contributed by atoms with Crippen LogP contribution in [0.5, 0.6) is 0 Å². The molecule has 1 heterocycles. The number of nitrogens with zero attached hydrogens (tertiary/aromatic N) is 2. The summed E-state index contributed by atoms with van der Waals surface area (Å²) in [5, 5.41) is 2.96.